The molecule has 0 aliphatic rings. The van der Waals surface area contributed by atoms with Crippen molar-refractivity contribution in [3.05, 3.63) is 63.2 Å². The Morgan fingerprint density at radius 1 is 1.25 bits per heavy atom. The van der Waals surface area contributed by atoms with Crippen molar-refractivity contribution in [1.29, 1.82) is 0 Å². The van der Waals surface area contributed by atoms with E-state index in [9.17, 15) is 15.2 Å². The number of nitrogens with zero attached hydrogens (tertiary/aromatic N) is 1. The van der Waals surface area contributed by atoms with Gasteiger partial charge in [0.25, 0.3) is 5.69 Å². The fraction of sp³-hybridized carbons (Fsp3) is 0.143. The summed E-state index contributed by atoms with van der Waals surface area (Å²) in [5.41, 5.74) is 1.25. The standard InChI is InChI=1S/C14H13ClN2O3/c1-9(10-2-5-12(18)6-3-10)16-13-7-4-11(15)8-14(13)17(19)20/h2-9,16,18H,1H3. The molecule has 5 nitrogen and oxygen atoms in total. The summed E-state index contributed by atoms with van der Waals surface area (Å²) in [7, 11) is 0. The lowest BCUT2D eigenvalue weighted by Crippen LogP contribution is -2.08. The second kappa shape index (κ2) is 5.79. The number of rotatable bonds is 4. The normalized spacial score (nSPS) is 11.9. The highest BCUT2D eigenvalue weighted by Crippen LogP contribution is 2.31. The highest BCUT2D eigenvalue weighted by molar-refractivity contribution is 6.30. The van der Waals surface area contributed by atoms with Crippen molar-refractivity contribution in [2.45, 2.75) is 13.0 Å². The van der Waals surface area contributed by atoms with Crippen LogP contribution in [0.15, 0.2) is 42.5 Å². The van der Waals surface area contributed by atoms with Crippen molar-refractivity contribution in [1.82, 2.24) is 0 Å². The van der Waals surface area contributed by atoms with E-state index in [-0.39, 0.29) is 17.5 Å². The van der Waals surface area contributed by atoms with Gasteiger partial charge in [-0.25, -0.2) is 0 Å². The number of hydrogen-bond donors (Lipinski definition) is 2. The number of benzene rings is 2. The van der Waals surface area contributed by atoms with Crippen LogP contribution in [0.25, 0.3) is 0 Å². The predicted molar refractivity (Wildman–Crippen MR) is 78.3 cm³/mol. The van der Waals surface area contributed by atoms with Crippen molar-refractivity contribution in [3.8, 4) is 5.75 Å². The first-order valence-corrected chi connectivity index (χ1v) is 6.34. The van der Waals surface area contributed by atoms with Gasteiger partial charge in [0.1, 0.15) is 11.4 Å². The molecule has 0 aliphatic heterocycles. The molecular formula is C14H13ClN2O3. The van der Waals surface area contributed by atoms with Crippen LogP contribution >= 0.6 is 11.6 Å². The van der Waals surface area contributed by atoms with E-state index in [0.29, 0.717) is 10.7 Å². The smallest absolute Gasteiger partial charge is 0.293 e. The van der Waals surface area contributed by atoms with E-state index in [0.717, 1.165) is 5.56 Å². The fourth-order valence-corrected chi connectivity index (χ4v) is 2.02. The molecule has 0 saturated carbocycles. The van der Waals surface area contributed by atoms with Crippen molar-refractivity contribution in [2.24, 2.45) is 0 Å². The molecule has 0 amide bonds. The largest absolute Gasteiger partial charge is 0.508 e. The zero-order chi connectivity index (χ0) is 14.7. The van der Waals surface area contributed by atoms with Gasteiger partial charge in [0.2, 0.25) is 0 Å². The number of hydrogen-bond acceptors (Lipinski definition) is 4. The Labute approximate surface area is 121 Å². The zero-order valence-corrected chi connectivity index (χ0v) is 11.5. The van der Waals surface area contributed by atoms with Crippen LogP contribution in [-0.4, -0.2) is 10.0 Å². The number of nitro benzene ring substituents is 1. The van der Waals surface area contributed by atoms with E-state index in [1.54, 1.807) is 36.4 Å². The summed E-state index contributed by atoms with van der Waals surface area (Å²) in [6.45, 7) is 1.88. The summed E-state index contributed by atoms with van der Waals surface area (Å²) < 4.78 is 0. The molecule has 2 aromatic carbocycles. The van der Waals surface area contributed by atoms with Crippen molar-refractivity contribution in [2.75, 3.05) is 5.32 Å². The lowest BCUT2D eigenvalue weighted by Gasteiger charge is -2.16. The SMILES string of the molecule is CC(Nc1ccc(Cl)cc1[N+](=O)[O-])c1ccc(O)cc1. The van der Waals surface area contributed by atoms with E-state index in [1.165, 1.54) is 6.07 Å². The molecule has 0 bridgehead atoms. The monoisotopic (exact) mass is 292 g/mol. The fourth-order valence-electron chi connectivity index (χ4n) is 1.86. The Balaban J connectivity index is 2.25. The van der Waals surface area contributed by atoms with Crippen LogP contribution in [-0.2, 0) is 0 Å². The highest BCUT2D eigenvalue weighted by atomic mass is 35.5. The molecule has 0 fully saturated rings. The molecule has 1 unspecified atom stereocenters. The quantitative estimate of drug-likeness (QED) is 0.656. The molecule has 20 heavy (non-hydrogen) atoms. The molecule has 104 valence electrons. The topological polar surface area (TPSA) is 75.4 Å². The average Bonchev–Trinajstić information content (AvgIpc) is 2.41. The third kappa shape index (κ3) is 3.19. The van der Waals surface area contributed by atoms with Crippen LogP contribution in [0.5, 0.6) is 5.75 Å². The van der Waals surface area contributed by atoms with Crippen LogP contribution in [0.3, 0.4) is 0 Å². The van der Waals surface area contributed by atoms with Gasteiger partial charge >= 0.3 is 0 Å². The van der Waals surface area contributed by atoms with Gasteiger partial charge in [0.05, 0.1) is 4.92 Å². The van der Waals surface area contributed by atoms with Crippen LogP contribution < -0.4 is 5.32 Å². The van der Waals surface area contributed by atoms with Gasteiger partial charge in [0.15, 0.2) is 0 Å². The van der Waals surface area contributed by atoms with Gasteiger partial charge in [-0.2, -0.15) is 0 Å². The van der Waals surface area contributed by atoms with E-state index in [4.69, 9.17) is 11.6 Å². The number of anilines is 1. The highest BCUT2D eigenvalue weighted by Gasteiger charge is 2.16. The number of halogens is 1. The summed E-state index contributed by atoms with van der Waals surface area (Å²) in [6.07, 6.45) is 0. The lowest BCUT2D eigenvalue weighted by molar-refractivity contribution is -0.384. The third-order valence-electron chi connectivity index (χ3n) is 2.92. The lowest BCUT2D eigenvalue weighted by atomic mass is 10.1. The van der Waals surface area contributed by atoms with Crippen molar-refractivity contribution in [3.63, 3.8) is 0 Å². The van der Waals surface area contributed by atoms with Gasteiger partial charge in [-0.15, -0.1) is 0 Å². The Hall–Kier alpha value is -2.27. The number of phenols is 1. The van der Waals surface area contributed by atoms with E-state index < -0.39 is 4.92 Å². The second-order valence-electron chi connectivity index (χ2n) is 4.38. The van der Waals surface area contributed by atoms with Gasteiger partial charge in [-0.05, 0) is 36.8 Å². The summed E-state index contributed by atoms with van der Waals surface area (Å²) >= 11 is 5.77. The molecule has 6 heteroatoms. The molecule has 2 N–H and O–H groups in total. The molecule has 2 rings (SSSR count). The first-order valence-electron chi connectivity index (χ1n) is 5.97. The number of aromatic hydroxyl groups is 1. The molecule has 0 heterocycles. The molecule has 0 radical (unpaired) electrons. The Morgan fingerprint density at radius 2 is 1.90 bits per heavy atom. The van der Waals surface area contributed by atoms with Crippen molar-refractivity contribution < 1.29 is 10.0 Å². The molecule has 0 saturated heterocycles. The summed E-state index contributed by atoms with van der Waals surface area (Å²) in [5.74, 6) is 0.179. The molecule has 2 aromatic rings. The van der Waals surface area contributed by atoms with E-state index >= 15 is 0 Å². The van der Waals surface area contributed by atoms with Gasteiger partial charge in [-0.3, -0.25) is 10.1 Å². The maximum Gasteiger partial charge on any atom is 0.293 e. The average molecular weight is 293 g/mol. The summed E-state index contributed by atoms with van der Waals surface area (Å²) in [5, 5.41) is 23.7. The van der Waals surface area contributed by atoms with Crippen LogP contribution in [0, 0.1) is 10.1 Å². The Morgan fingerprint density at radius 3 is 2.50 bits per heavy atom. The zero-order valence-electron chi connectivity index (χ0n) is 10.7. The Bertz CT molecular complexity index is 629. The number of nitrogens with one attached hydrogen (secondary N) is 1. The maximum absolute atomic E-state index is 11.0. The first kappa shape index (κ1) is 14.1. The molecule has 1 atom stereocenters. The minimum absolute atomic E-state index is 0.0665. The van der Waals surface area contributed by atoms with E-state index in [1.807, 2.05) is 6.92 Å². The third-order valence-corrected chi connectivity index (χ3v) is 3.16. The molecule has 0 spiro atoms. The van der Waals surface area contributed by atoms with Crippen LogP contribution in [0.1, 0.15) is 18.5 Å². The summed E-state index contributed by atoms with van der Waals surface area (Å²) in [4.78, 5) is 10.5. The molecular weight excluding hydrogens is 280 g/mol. The number of nitro groups is 1. The second-order valence-corrected chi connectivity index (χ2v) is 4.81. The van der Waals surface area contributed by atoms with E-state index in [2.05, 4.69) is 5.32 Å². The van der Waals surface area contributed by atoms with Crippen LogP contribution in [0.4, 0.5) is 11.4 Å². The van der Waals surface area contributed by atoms with Crippen molar-refractivity contribution >= 4 is 23.0 Å². The van der Waals surface area contributed by atoms with Gasteiger partial charge in [0, 0.05) is 17.1 Å². The minimum atomic E-state index is -0.474. The molecule has 0 aliphatic carbocycles. The van der Waals surface area contributed by atoms with Gasteiger partial charge in [-0.1, -0.05) is 23.7 Å². The number of phenolic OH excluding ortho intramolecular Hbond substituents is 1. The minimum Gasteiger partial charge on any atom is -0.508 e. The molecule has 0 aromatic heterocycles. The summed E-state index contributed by atoms with van der Waals surface area (Å²) in [6, 6.07) is 11.0. The maximum atomic E-state index is 11.0. The first-order chi connectivity index (χ1) is 9.47. The van der Waals surface area contributed by atoms with Crippen LogP contribution in [0.2, 0.25) is 5.02 Å². The Kier molecular flexibility index (Phi) is 4.10. The predicted octanol–water partition coefficient (Wildman–Crippen LogP) is 4.13. The van der Waals surface area contributed by atoms with Gasteiger partial charge < -0.3 is 10.4 Å².